The van der Waals surface area contributed by atoms with E-state index in [9.17, 15) is 10.2 Å². The van der Waals surface area contributed by atoms with Gasteiger partial charge >= 0.3 is 0 Å². The number of hydrogen-bond acceptors (Lipinski definition) is 10. The highest BCUT2D eigenvalue weighted by molar-refractivity contribution is 5.90. The summed E-state index contributed by atoms with van der Waals surface area (Å²) in [4.78, 5) is 19.4. The number of aromatic nitrogens is 8. The largest absolute Gasteiger partial charge is 0.508 e. The van der Waals surface area contributed by atoms with Gasteiger partial charge in [-0.25, -0.2) is 29.3 Å². The number of fused-ring (bicyclic) bond motifs is 2. The minimum absolute atomic E-state index is 0.185. The van der Waals surface area contributed by atoms with Crippen LogP contribution in [0.5, 0.6) is 11.5 Å². The van der Waals surface area contributed by atoms with Crippen molar-refractivity contribution in [3.63, 3.8) is 0 Å². The fraction of sp³-hybridized carbons (Fsp3) is 0.182. The second kappa shape index (κ2) is 15.5. The van der Waals surface area contributed by atoms with Gasteiger partial charge in [0.05, 0.1) is 59.1 Å². The molecule has 0 amide bonds. The van der Waals surface area contributed by atoms with Crippen molar-refractivity contribution in [2.45, 2.75) is 25.2 Å². The minimum atomic E-state index is 0.185. The number of nitrogens with zero attached hydrogens (tertiary/aromatic N) is 8. The van der Waals surface area contributed by atoms with Crippen LogP contribution in [0.15, 0.2) is 128 Å². The summed E-state index contributed by atoms with van der Waals surface area (Å²) in [6.07, 6.45) is 8.41. The molecule has 0 radical (unpaired) electrons. The van der Waals surface area contributed by atoms with E-state index in [1.165, 1.54) is 0 Å². The lowest BCUT2D eigenvalue weighted by Gasteiger charge is -2.22. The Balaban J connectivity index is 0.000000146. The molecule has 6 heterocycles. The predicted molar refractivity (Wildman–Crippen MR) is 214 cm³/mol. The van der Waals surface area contributed by atoms with E-state index in [-0.39, 0.29) is 11.5 Å². The van der Waals surface area contributed by atoms with E-state index in [0.717, 1.165) is 94.0 Å². The number of ether oxygens (including phenoxy) is 2. The average molecular weight is 743 g/mol. The molecule has 2 N–H and O–H groups in total. The lowest BCUT2D eigenvalue weighted by atomic mass is 9.94. The van der Waals surface area contributed by atoms with Crippen molar-refractivity contribution in [2.24, 2.45) is 0 Å². The monoisotopic (exact) mass is 742 g/mol. The number of phenols is 2. The molecular formula is C44H38N8O4. The molecule has 1 saturated heterocycles. The maximum absolute atomic E-state index is 9.91. The fourth-order valence-corrected chi connectivity index (χ4v) is 7.17. The molecular weight excluding hydrogens is 705 g/mol. The maximum atomic E-state index is 9.91. The molecule has 2 aliphatic rings. The number of benzene rings is 4. The summed E-state index contributed by atoms with van der Waals surface area (Å²) in [5.74, 6) is 1.85. The third-order valence-corrected chi connectivity index (χ3v) is 9.97. The summed E-state index contributed by atoms with van der Waals surface area (Å²) in [6, 6.07) is 33.9. The van der Waals surface area contributed by atoms with Crippen molar-refractivity contribution in [1.82, 2.24) is 39.5 Å². The van der Waals surface area contributed by atoms with E-state index in [0.29, 0.717) is 30.8 Å². The van der Waals surface area contributed by atoms with Gasteiger partial charge in [-0.1, -0.05) is 66.7 Å². The molecule has 0 saturated carbocycles. The predicted octanol–water partition coefficient (Wildman–Crippen LogP) is 8.07. The van der Waals surface area contributed by atoms with Gasteiger partial charge in [-0.2, -0.15) is 10.2 Å². The average Bonchev–Trinajstić information content (AvgIpc) is 3.90. The van der Waals surface area contributed by atoms with Crippen molar-refractivity contribution >= 4 is 27.6 Å². The number of phenolic OH excluding ortho intramolecular Hbond substituents is 2. The molecule has 10 rings (SSSR count). The molecule has 278 valence electrons. The molecule has 8 aromatic rings. The molecule has 0 unspecified atom stereocenters. The van der Waals surface area contributed by atoms with Crippen LogP contribution < -0.4 is 0 Å². The number of hydrogen-bond donors (Lipinski definition) is 2. The third kappa shape index (κ3) is 7.10. The van der Waals surface area contributed by atoms with Crippen LogP contribution in [-0.2, 0) is 9.47 Å². The quantitative estimate of drug-likeness (QED) is 0.172. The molecule has 2 aliphatic heterocycles. The molecule has 0 bridgehead atoms. The van der Waals surface area contributed by atoms with Gasteiger partial charge in [-0.3, -0.25) is 0 Å². The van der Waals surface area contributed by atoms with Crippen molar-refractivity contribution in [3.05, 3.63) is 139 Å². The van der Waals surface area contributed by atoms with Gasteiger partial charge < -0.3 is 19.7 Å². The highest BCUT2D eigenvalue weighted by atomic mass is 16.5. The Morgan fingerprint density at radius 1 is 0.571 bits per heavy atom. The number of aromatic hydroxyl groups is 2. The van der Waals surface area contributed by atoms with E-state index >= 15 is 0 Å². The molecule has 56 heavy (non-hydrogen) atoms. The van der Waals surface area contributed by atoms with E-state index in [2.05, 4.69) is 16.3 Å². The number of rotatable bonds is 6. The summed E-state index contributed by atoms with van der Waals surface area (Å²) in [5.41, 5.74) is 7.96. The van der Waals surface area contributed by atoms with Crippen LogP contribution in [0.2, 0.25) is 0 Å². The SMILES string of the molecule is Oc1cccc(-c2nc(C3=CCOCC3)c3cnn(-c4ccccc4)c3n2)c1.Oc1cccc(-c2nc(C3CCOCC3)c3cnn(-c4ccccc4)c3n2)c1. The summed E-state index contributed by atoms with van der Waals surface area (Å²) in [5, 5.41) is 30.9. The van der Waals surface area contributed by atoms with Crippen LogP contribution in [0.4, 0.5) is 0 Å². The van der Waals surface area contributed by atoms with Crippen LogP contribution in [-0.4, -0.2) is 76.1 Å². The van der Waals surface area contributed by atoms with E-state index in [1.807, 2.05) is 94.6 Å². The molecule has 4 aromatic heterocycles. The highest BCUT2D eigenvalue weighted by Gasteiger charge is 2.24. The molecule has 0 atom stereocenters. The second-order valence-corrected chi connectivity index (χ2v) is 13.6. The first-order valence-electron chi connectivity index (χ1n) is 18.6. The zero-order valence-corrected chi connectivity index (χ0v) is 30.4. The Bertz CT molecular complexity index is 2670. The molecule has 0 spiro atoms. The van der Waals surface area contributed by atoms with Crippen molar-refractivity contribution in [1.29, 1.82) is 0 Å². The molecule has 4 aromatic carbocycles. The summed E-state index contributed by atoms with van der Waals surface area (Å²) >= 11 is 0. The first-order valence-corrected chi connectivity index (χ1v) is 18.6. The van der Waals surface area contributed by atoms with Gasteiger partial charge in [0.25, 0.3) is 0 Å². The van der Waals surface area contributed by atoms with Crippen molar-refractivity contribution < 1.29 is 19.7 Å². The van der Waals surface area contributed by atoms with E-state index in [4.69, 9.17) is 29.4 Å². The molecule has 0 aliphatic carbocycles. The first kappa shape index (κ1) is 35.0. The van der Waals surface area contributed by atoms with Crippen molar-refractivity contribution in [2.75, 3.05) is 26.4 Å². The van der Waals surface area contributed by atoms with E-state index < -0.39 is 0 Å². The van der Waals surface area contributed by atoms with Gasteiger partial charge in [0.1, 0.15) is 11.5 Å². The summed E-state index contributed by atoms with van der Waals surface area (Å²) in [7, 11) is 0. The molecule has 12 nitrogen and oxygen atoms in total. The lowest BCUT2D eigenvalue weighted by Crippen LogP contribution is -2.16. The van der Waals surface area contributed by atoms with Gasteiger partial charge in [-0.05, 0) is 73.4 Å². The zero-order chi connectivity index (χ0) is 37.8. The zero-order valence-electron chi connectivity index (χ0n) is 30.4. The van der Waals surface area contributed by atoms with E-state index in [1.54, 1.807) is 36.4 Å². The van der Waals surface area contributed by atoms with Gasteiger partial charge in [0.15, 0.2) is 22.9 Å². The fourth-order valence-electron chi connectivity index (χ4n) is 7.17. The Labute approximate surface area is 322 Å². The molecule has 1 fully saturated rings. The Kier molecular flexibility index (Phi) is 9.70. The standard InChI is InChI=1S/C22H20N4O2.C22H18N4O2/c2*27-18-8-4-5-16(13-18)21-24-20(15-9-11-28-12-10-15)19-14-23-26(22(19)25-21)17-6-2-1-3-7-17/h1-8,13-15,27H,9-12H2;1-9,13-14,27H,10-12H2. The maximum Gasteiger partial charge on any atom is 0.167 e. The highest BCUT2D eigenvalue weighted by Crippen LogP contribution is 2.34. The van der Waals surface area contributed by atoms with Crippen LogP contribution >= 0.6 is 0 Å². The summed E-state index contributed by atoms with van der Waals surface area (Å²) in [6.45, 7) is 2.73. The van der Waals surface area contributed by atoms with Crippen LogP contribution in [0.3, 0.4) is 0 Å². The van der Waals surface area contributed by atoms with Gasteiger partial charge in [-0.15, -0.1) is 0 Å². The van der Waals surface area contributed by atoms with Crippen LogP contribution in [0.25, 0.3) is 61.8 Å². The van der Waals surface area contributed by atoms with Crippen LogP contribution in [0, 0.1) is 0 Å². The van der Waals surface area contributed by atoms with Crippen molar-refractivity contribution in [3.8, 4) is 45.6 Å². The Hall–Kier alpha value is -6.76. The number of para-hydroxylation sites is 2. The molecule has 12 heteroatoms. The summed E-state index contributed by atoms with van der Waals surface area (Å²) < 4.78 is 14.7. The second-order valence-electron chi connectivity index (χ2n) is 13.6. The Morgan fingerprint density at radius 3 is 1.71 bits per heavy atom. The lowest BCUT2D eigenvalue weighted by molar-refractivity contribution is 0.0848. The topological polar surface area (TPSA) is 146 Å². The minimum Gasteiger partial charge on any atom is -0.508 e. The van der Waals surface area contributed by atoms with Gasteiger partial charge in [0.2, 0.25) is 0 Å². The van der Waals surface area contributed by atoms with Crippen LogP contribution in [0.1, 0.15) is 36.6 Å². The van der Waals surface area contributed by atoms with Gasteiger partial charge in [0, 0.05) is 30.3 Å². The smallest absolute Gasteiger partial charge is 0.167 e. The Morgan fingerprint density at radius 2 is 1.14 bits per heavy atom. The first-order chi connectivity index (χ1) is 27.6. The normalized spacial score (nSPS) is 14.7. The third-order valence-electron chi connectivity index (χ3n) is 9.97.